The SMILES string of the molecule is Oc1ccc(O)c2c1nc1n2CCC1. The van der Waals surface area contributed by atoms with Crippen LogP contribution in [-0.2, 0) is 13.0 Å². The van der Waals surface area contributed by atoms with E-state index in [-0.39, 0.29) is 11.5 Å². The predicted molar refractivity (Wildman–Crippen MR) is 51.4 cm³/mol. The van der Waals surface area contributed by atoms with Crippen LogP contribution in [0, 0.1) is 0 Å². The number of hydrogen-bond donors (Lipinski definition) is 2. The average molecular weight is 190 g/mol. The van der Waals surface area contributed by atoms with Crippen LogP contribution in [-0.4, -0.2) is 19.8 Å². The number of phenolic OH excluding ortho intramolecular Hbond substituents is 2. The molecule has 0 aliphatic carbocycles. The fourth-order valence-corrected chi connectivity index (χ4v) is 2.08. The lowest BCUT2D eigenvalue weighted by Crippen LogP contribution is -1.91. The normalized spacial score (nSPS) is 14.9. The van der Waals surface area contributed by atoms with E-state index in [1.807, 2.05) is 4.57 Å². The van der Waals surface area contributed by atoms with Crippen LogP contribution < -0.4 is 0 Å². The highest BCUT2D eigenvalue weighted by Gasteiger charge is 2.20. The zero-order valence-electron chi connectivity index (χ0n) is 7.56. The van der Waals surface area contributed by atoms with E-state index in [1.54, 1.807) is 0 Å². The Kier molecular flexibility index (Phi) is 1.32. The number of hydrogen-bond acceptors (Lipinski definition) is 3. The van der Waals surface area contributed by atoms with Gasteiger partial charge in [-0.15, -0.1) is 0 Å². The Labute approximate surface area is 80.4 Å². The van der Waals surface area contributed by atoms with E-state index in [2.05, 4.69) is 4.98 Å². The summed E-state index contributed by atoms with van der Waals surface area (Å²) in [6.07, 6.45) is 1.99. The van der Waals surface area contributed by atoms with Gasteiger partial charge in [0, 0.05) is 13.0 Å². The lowest BCUT2D eigenvalue weighted by atomic mass is 10.2. The Bertz CT molecular complexity index is 516. The van der Waals surface area contributed by atoms with Crippen molar-refractivity contribution >= 4 is 11.0 Å². The summed E-state index contributed by atoms with van der Waals surface area (Å²) in [6.45, 7) is 0.878. The first-order valence-electron chi connectivity index (χ1n) is 4.67. The van der Waals surface area contributed by atoms with Crippen molar-refractivity contribution < 1.29 is 10.2 Å². The van der Waals surface area contributed by atoms with Gasteiger partial charge in [-0.05, 0) is 18.6 Å². The van der Waals surface area contributed by atoms with Gasteiger partial charge in [0.2, 0.25) is 0 Å². The summed E-state index contributed by atoms with van der Waals surface area (Å²) in [5.74, 6) is 1.29. The Morgan fingerprint density at radius 1 is 1.21 bits per heavy atom. The molecule has 0 spiro atoms. The summed E-state index contributed by atoms with van der Waals surface area (Å²) in [5.41, 5.74) is 1.18. The number of fused-ring (bicyclic) bond motifs is 3. The number of aryl methyl sites for hydroxylation is 2. The zero-order chi connectivity index (χ0) is 9.71. The first kappa shape index (κ1) is 7.67. The third-order valence-electron chi connectivity index (χ3n) is 2.71. The third kappa shape index (κ3) is 0.801. The molecule has 0 atom stereocenters. The molecule has 2 N–H and O–H groups in total. The van der Waals surface area contributed by atoms with Gasteiger partial charge in [-0.25, -0.2) is 4.98 Å². The standard InChI is InChI=1S/C10H10N2O2/c13-6-3-4-7(14)10-9(6)11-8-2-1-5-12(8)10/h3-4,13-14H,1-2,5H2. The molecule has 0 fully saturated rings. The lowest BCUT2D eigenvalue weighted by Gasteiger charge is -2.01. The molecule has 1 aliphatic rings. The van der Waals surface area contributed by atoms with Gasteiger partial charge >= 0.3 is 0 Å². The minimum absolute atomic E-state index is 0.139. The topological polar surface area (TPSA) is 58.3 Å². The van der Waals surface area contributed by atoms with Crippen LogP contribution in [0.15, 0.2) is 12.1 Å². The summed E-state index contributed by atoms with van der Waals surface area (Å²) in [7, 11) is 0. The number of benzene rings is 1. The van der Waals surface area contributed by atoms with Gasteiger partial charge in [-0.2, -0.15) is 0 Å². The maximum absolute atomic E-state index is 9.68. The van der Waals surface area contributed by atoms with Gasteiger partial charge in [0.05, 0.1) is 0 Å². The van der Waals surface area contributed by atoms with Gasteiger partial charge in [0.1, 0.15) is 28.4 Å². The van der Waals surface area contributed by atoms with Gasteiger partial charge < -0.3 is 14.8 Å². The van der Waals surface area contributed by atoms with Crippen LogP contribution in [0.4, 0.5) is 0 Å². The molecule has 0 saturated carbocycles. The Hall–Kier alpha value is -1.71. The predicted octanol–water partition coefficient (Wildman–Crippen LogP) is 1.39. The quantitative estimate of drug-likeness (QED) is 0.617. The van der Waals surface area contributed by atoms with Gasteiger partial charge in [0.15, 0.2) is 0 Å². The second-order valence-electron chi connectivity index (χ2n) is 3.58. The molecule has 0 radical (unpaired) electrons. The van der Waals surface area contributed by atoms with Gasteiger partial charge in [-0.1, -0.05) is 0 Å². The van der Waals surface area contributed by atoms with E-state index >= 15 is 0 Å². The van der Waals surface area contributed by atoms with Crippen molar-refractivity contribution in [2.75, 3.05) is 0 Å². The van der Waals surface area contributed by atoms with Crippen LogP contribution in [0.5, 0.6) is 11.5 Å². The number of rotatable bonds is 0. The molecule has 0 unspecified atom stereocenters. The molecule has 2 aromatic rings. The fourth-order valence-electron chi connectivity index (χ4n) is 2.08. The maximum Gasteiger partial charge on any atom is 0.143 e. The second-order valence-corrected chi connectivity index (χ2v) is 3.58. The molecule has 72 valence electrons. The van der Waals surface area contributed by atoms with Crippen molar-refractivity contribution in [2.24, 2.45) is 0 Å². The summed E-state index contributed by atoms with van der Waals surface area (Å²) in [4.78, 5) is 4.31. The van der Waals surface area contributed by atoms with Crippen LogP contribution in [0.3, 0.4) is 0 Å². The molecule has 1 aromatic heterocycles. The molecule has 2 heterocycles. The summed E-state index contributed by atoms with van der Waals surface area (Å²) in [6, 6.07) is 2.98. The second kappa shape index (κ2) is 2.41. The third-order valence-corrected chi connectivity index (χ3v) is 2.71. The Morgan fingerprint density at radius 2 is 2.00 bits per heavy atom. The van der Waals surface area contributed by atoms with Crippen molar-refractivity contribution in [2.45, 2.75) is 19.4 Å². The number of aromatic hydroxyl groups is 2. The molecular formula is C10H10N2O2. The van der Waals surface area contributed by atoms with E-state index in [4.69, 9.17) is 0 Å². The highest BCUT2D eigenvalue weighted by atomic mass is 16.3. The molecule has 14 heavy (non-hydrogen) atoms. The number of imidazole rings is 1. The van der Waals surface area contributed by atoms with Gasteiger partial charge in [-0.3, -0.25) is 0 Å². The monoisotopic (exact) mass is 190 g/mol. The Balaban J connectivity index is 2.48. The summed E-state index contributed by atoms with van der Waals surface area (Å²) < 4.78 is 1.98. The number of aromatic nitrogens is 2. The van der Waals surface area contributed by atoms with Crippen LogP contribution >= 0.6 is 0 Å². The minimum atomic E-state index is 0.139. The molecule has 0 saturated heterocycles. The Morgan fingerprint density at radius 3 is 2.86 bits per heavy atom. The van der Waals surface area contributed by atoms with E-state index in [1.165, 1.54) is 12.1 Å². The zero-order valence-corrected chi connectivity index (χ0v) is 7.56. The van der Waals surface area contributed by atoms with E-state index in [0.717, 1.165) is 25.2 Å². The highest BCUT2D eigenvalue weighted by molar-refractivity contribution is 5.87. The summed E-state index contributed by atoms with van der Waals surface area (Å²) in [5, 5.41) is 19.2. The van der Waals surface area contributed by atoms with E-state index in [9.17, 15) is 10.2 Å². The molecule has 3 rings (SSSR count). The largest absolute Gasteiger partial charge is 0.506 e. The molecule has 0 amide bonds. The maximum atomic E-state index is 9.68. The minimum Gasteiger partial charge on any atom is -0.506 e. The fraction of sp³-hybridized carbons (Fsp3) is 0.300. The van der Waals surface area contributed by atoms with Crippen molar-refractivity contribution in [3.05, 3.63) is 18.0 Å². The van der Waals surface area contributed by atoms with Crippen LogP contribution in [0.25, 0.3) is 11.0 Å². The first-order chi connectivity index (χ1) is 6.77. The number of phenols is 2. The van der Waals surface area contributed by atoms with E-state index < -0.39 is 0 Å². The van der Waals surface area contributed by atoms with Crippen molar-refractivity contribution in [3.63, 3.8) is 0 Å². The average Bonchev–Trinajstić information content (AvgIpc) is 2.70. The van der Waals surface area contributed by atoms with Crippen LogP contribution in [0.2, 0.25) is 0 Å². The lowest BCUT2D eigenvalue weighted by molar-refractivity contribution is 0.466. The smallest absolute Gasteiger partial charge is 0.143 e. The molecule has 1 aliphatic heterocycles. The van der Waals surface area contributed by atoms with Crippen molar-refractivity contribution in [1.29, 1.82) is 0 Å². The van der Waals surface area contributed by atoms with E-state index in [0.29, 0.717) is 11.0 Å². The van der Waals surface area contributed by atoms with Crippen LogP contribution in [0.1, 0.15) is 12.2 Å². The summed E-state index contributed by atoms with van der Waals surface area (Å²) >= 11 is 0. The molecule has 0 bridgehead atoms. The molecule has 4 heteroatoms. The highest BCUT2D eigenvalue weighted by Crippen LogP contribution is 2.34. The number of nitrogens with zero attached hydrogens (tertiary/aromatic N) is 2. The molecular weight excluding hydrogens is 180 g/mol. The molecule has 1 aromatic carbocycles. The van der Waals surface area contributed by atoms with Crippen molar-refractivity contribution in [1.82, 2.24) is 9.55 Å². The first-order valence-corrected chi connectivity index (χ1v) is 4.67. The molecule has 4 nitrogen and oxygen atoms in total. The van der Waals surface area contributed by atoms with Gasteiger partial charge in [0.25, 0.3) is 0 Å². The van der Waals surface area contributed by atoms with Crippen molar-refractivity contribution in [3.8, 4) is 11.5 Å².